The minimum absolute atomic E-state index is 0.326. The van der Waals surface area contributed by atoms with Crippen LogP contribution in [0.2, 0.25) is 0 Å². The summed E-state index contributed by atoms with van der Waals surface area (Å²) in [5.74, 6) is -0.326. The van der Waals surface area contributed by atoms with Gasteiger partial charge in [-0.25, -0.2) is 4.79 Å². The number of methoxy groups -OCH3 is 1. The highest BCUT2D eigenvalue weighted by atomic mass is 16.5. The number of carbonyl (C=O) groups is 1. The lowest BCUT2D eigenvalue weighted by Gasteiger charge is -1.99. The van der Waals surface area contributed by atoms with Gasteiger partial charge < -0.3 is 10.5 Å². The summed E-state index contributed by atoms with van der Waals surface area (Å²) in [6.45, 7) is 0.489. The van der Waals surface area contributed by atoms with Crippen LogP contribution in [0.25, 0.3) is 6.08 Å². The lowest BCUT2D eigenvalue weighted by molar-refractivity contribution is 0.0600. The van der Waals surface area contributed by atoms with E-state index in [2.05, 4.69) is 4.74 Å². The van der Waals surface area contributed by atoms with Gasteiger partial charge in [-0.2, -0.15) is 0 Å². The fourth-order valence-electron chi connectivity index (χ4n) is 1.09. The van der Waals surface area contributed by atoms with E-state index in [-0.39, 0.29) is 5.97 Å². The van der Waals surface area contributed by atoms with E-state index in [1.54, 1.807) is 12.1 Å². The van der Waals surface area contributed by atoms with Crippen molar-refractivity contribution >= 4 is 12.0 Å². The van der Waals surface area contributed by atoms with Crippen LogP contribution in [-0.4, -0.2) is 19.6 Å². The van der Waals surface area contributed by atoms with Crippen LogP contribution in [0.1, 0.15) is 15.9 Å². The van der Waals surface area contributed by atoms with Gasteiger partial charge in [0.2, 0.25) is 0 Å². The Bertz CT molecular complexity index is 345. The highest BCUT2D eigenvalue weighted by molar-refractivity contribution is 5.89. The molecule has 14 heavy (non-hydrogen) atoms. The zero-order valence-electron chi connectivity index (χ0n) is 8.07. The van der Waals surface area contributed by atoms with Gasteiger partial charge >= 0.3 is 5.97 Å². The van der Waals surface area contributed by atoms with Gasteiger partial charge in [-0.3, -0.25) is 0 Å². The first-order valence-corrected chi connectivity index (χ1v) is 4.33. The Morgan fingerprint density at radius 3 is 3.00 bits per heavy atom. The minimum Gasteiger partial charge on any atom is -0.465 e. The normalized spacial score (nSPS) is 10.4. The molecule has 74 valence electrons. The number of hydrogen-bond acceptors (Lipinski definition) is 3. The maximum absolute atomic E-state index is 11.2. The Kier molecular flexibility index (Phi) is 3.88. The Morgan fingerprint density at radius 1 is 1.57 bits per heavy atom. The van der Waals surface area contributed by atoms with Crippen molar-refractivity contribution in [3.05, 3.63) is 41.5 Å². The molecular formula is C11H13NO2. The van der Waals surface area contributed by atoms with E-state index < -0.39 is 0 Å². The summed E-state index contributed by atoms with van der Waals surface area (Å²) in [4.78, 5) is 11.2. The average Bonchev–Trinajstić information content (AvgIpc) is 2.25. The number of nitrogens with two attached hydrogens (primary N) is 1. The fraction of sp³-hybridized carbons (Fsp3) is 0.182. The number of rotatable bonds is 3. The van der Waals surface area contributed by atoms with Crippen molar-refractivity contribution in [3.8, 4) is 0 Å². The van der Waals surface area contributed by atoms with Crippen LogP contribution >= 0.6 is 0 Å². The van der Waals surface area contributed by atoms with Crippen molar-refractivity contribution in [2.24, 2.45) is 5.73 Å². The predicted molar refractivity (Wildman–Crippen MR) is 55.9 cm³/mol. The van der Waals surface area contributed by atoms with Crippen LogP contribution in [-0.2, 0) is 4.74 Å². The first-order valence-electron chi connectivity index (χ1n) is 4.33. The van der Waals surface area contributed by atoms with Crippen molar-refractivity contribution in [2.75, 3.05) is 13.7 Å². The van der Waals surface area contributed by atoms with Crippen molar-refractivity contribution in [1.82, 2.24) is 0 Å². The molecule has 0 atom stereocenters. The van der Waals surface area contributed by atoms with Crippen molar-refractivity contribution in [2.45, 2.75) is 0 Å². The molecule has 0 aliphatic carbocycles. The molecular weight excluding hydrogens is 178 g/mol. The van der Waals surface area contributed by atoms with Gasteiger partial charge in [0.15, 0.2) is 0 Å². The Hall–Kier alpha value is -1.61. The van der Waals surface area contributed by atoms with Gasteiger partial charge in [0.1, 0.15) is 0 Å². The lowest BCUT2D eigenvalue weighted by Crippen LogP contribution is -2.00. The topological polar surface area (TPSA) is 52.3 Å². The molecule has 1 aromatic carbocycles. The van der Waals surface area contributed by atoms with E-state index in [0.717, 1.165) is 5.56 Å². The summed E-state index contributed by atoms with van der Waals surface area (Å²) in [6, 6.07) is 7.19. The molecule has 0 unspecified atom stereocenters. The van der Waals surface area contributed by atoms with E-state index in [0.29, 0.717) is 12.1 Å². The van der Waals surface area contributed by atoms with E-state index in [1.807, 2.05) is 24.3 Å². The second kappa shape index (κ2) is 5.19. The molecule has 0 bridgehead atoms. The van der Waals surface area contributed by atoms with Crippen molar-refractivity contribution in [1.29, 1.82) is 0 Å². The molecule has 0 amide bonds. The maximum atomic E-state index is 11.2. The van der Waals surface area contributed by atoms with Gasteiger partial charge in [0, 0.05) is 6.54 Å². The highest BCUT2D eigenvalue weighted by Crippen LogP contribution is 2.07. The van der Waals surface area contributed by atoms with Crippen LogP contribution in [0.15, 0.2) is 30.3 Å². The van der Waals surface area contributed by atoms with Crippen LogP contribution in [0.4, 0.5) is 0 Å². The minimum atomic E-state index is -0.326. The molecule has 0 saturated heterocycles. The molecule has 1 rings (SSSR count). The third-order valence-corrected chi connectivity index (χ3v) is 1.75. The van der Waals surface area contributed by atoms with Gasteiger partial charge in [-0.05, 0) is 17.7 Å². The third-order valence-electron chi connectivity index (χ3n) is 1.75. The molecule has 0 fully saturated rings. The molecule has 3 heteroatoms. The zero-order chi connectivity index (χ0) is 10.4. The molecule has 0 aliphatic heterocycles. The number of esters is 1. The molecule has 2 N–H and O–H groups in total. The Balaban J connectivity index is 2.89. The summed E-state index contributed by atoms with van der Waals surface area (Å²) in [7, 11) is 1.37. The number of ether oxygens (including phenoxy) is 1. The smallest absolute Gasteiger partial charge is 0.337 e. The van der Waals surface area contributed by atoms with Gasteiger partial charge in [-0.15, -0.1) is 0 Å². The second-order valence-electron chi connectivity index (χ2n) is 2.76. The maximum Gasteiger partial charge on any atom is 0.337 e. The Morgan fingerprint density at radius 2 is 2.36 bits per heavy atom. The molecule has 0 heterocycles. The van der Waals surface area contributed by atoms with Crippen molar-refractivity contribution in [3.63, 3.8) is 0 Å². The SMILES string of the molecule is COC(=O)c1cccc(C=CCN)c1. The molecule has 0 spiro atoms. The van der Waals surface area contributed by atoms with E-state index >= 15 is 0 Å². The van der Waals surface area contributed by atoms with E-state index in [1.165, 1.54) is 7.11 Å². The van der Waals surface area contributed by atoms with Crippen LogP contribution in [0, 0.1) is 0 Å². The van der Waals surface area contributed by atoms with E-state index in [9.17, 15) is 4.79 Å². The van der Waals surface area contributed by atoms with Gasteiger partial charge in [0.05, 0.1) is 12.7 Å². The van der Waals surface area contributed by atoms with Gasteiger partial charge in [0.25, 0.3) is 0 Å². The predicted octanol–water partition coefficient (Wildman–Crippen LogP) is 1.45. The molecule has 3 nitrogen and oxygen atoms in total. The monoisotopic (exact) mass is 191 g/mol. The number of hydrogen-bond donors (Lipinski definition) is 1. The first-order chi connectivity index (χ1) is 6.77. The number of benzene rings is 1. The summed E-state index contributed by atoms with van der Waals surface area (Å²) >= 11 is 0. The number of carbonyl (C=O) groups excluding carboxylic acids is 1. The molecule has 0 aromatic heterocycles. The largest absolute Gasteiger partial charge is 0.465 e. The van der Waals surface area contributed by atoms with Crippen molar-refractivity contribution < 1.29 is 9.53 Å². The van der Waals surface area contributed by atoms with Crippen LogP contribution in [0.3, 0.4) is 0 Å². The van der Waals surface area contributed by atoms with Gasteiger partial charge in [-0.1, -0.05) is 24.3 Å². The molecule has 0 radical (unpaired) electrons. The first kappa shape index (κ1) is 10.5. The summed E-state index contributed by atoms with van der Waals surface area (Å²) in [6.07, 6.45) is 3.70. The fourth-order valence-corrected chi connectivity index (χ4v) is 1.09. The molecule has 0 aliphatic rings. The summed E-state index contributed by atoms with van der Waals surface area (Å²) in [5, 5.41) is 0. The molecule has 0 saturated carbocycles. The Labute approximate surface area is 83.2 Å². The summed E-state index contributed by atoms with van der Waals surface area (Å²) < 4.78 is 4.61. The van der Waals surface area contributed by atoms with Crippen LogP contribution in [0.5, 0.6) is 0 Å². The standard InChI is InChI=1S/C11H13NO2/c1-14-11(13)10-6-2-4-9(8-10)5-3-7-12/h2-6,8H,7,12H2,1H3. The molecule has 1 aromatic rings. The second-order valence-corrected chi connectivity index (χ2v) is 2.76. The highest BCUT2D eigenvalue weighted by Gasteiger charge is 2.03. The zero-order valence-corrected chi connectivity index (χ0v) is 8.07. The average molecular weight is 191 g/mol. The quantitative estimate of drug-likeness (QED) is 0.735. The third kappa shape index (κ3) is 2.71. The lowest BCUT2D eigenvalue weighted by atomic mass is 10.1. The van der Waals surface area contributed by atoms with Crippen LogP contribution < -0.4 is 5.73 Å². The summed E-state index contributed by atoms with van der Waals surface area (Å²) in [5.41, 5.74) is 6.81. The van der Waals surface area contributed by atoms with E-state index in [4.69, 9.17) is 5.73 Å².